The van der Waals surface area contributed by atoms with Crippen molar-refractivity contribution in [2.24, 2.45) is 0 Å². The number of benzene rings is 1. The summed E-state index contributed by atoms with van der Waals surface area (Å²) in [5.41, 5.74) is 2.70. The molecule has 5 rings (SSSR count). The van der Waals surface area contributed by atoms with Gasteiger partial charge in [0.25, 0.3) is 10.1 Å². The van der Waals surface area contributed by atoms with E-state index >= 15 is 0 Å². The maximum absolute atomic E-state index is 13.1. The second-order valence-electron chi connectivity index (χ2n) is 8.39. The summed E-state index contributed by atoms with van der Waals surface area (Å²) in [6.45, 7) is 1.81. The van der Waals surface area contributed by atoms with Crippen LogP contribution in [0.25, 0.3) is 0 Å². The molecule has 0 saturated heterocycles. The van der Waals surface area contributed by atoms with E-state index in [1.54, 1.807) is 12.3 Å². The number of furan rings is 1. The normalized spacial score (nSPS) is 21.9. The lowest BCUT2D eigenvalue weighted by atomic mass is 9.62. The smallest absolute Gasteiger partial charge is 0.266 e. The highest BCUT2D eigenvalue weighted by Crippen LogP contribution is 2.50. The first kappa shape index (κ1) is 19.9. The Kier molecular flexibility index (Phi) is 4.16. The Morgan fingerprint density at radius 1 is 1.13 bits per heavy atom. The van der Waals surface area contributed by atoms with Crippen molar-refractivity contribution in [1.82, 2.24) is 5.32 Å². The number of fused-ring (bicyclic) bond motifs is 3. The van der Waals surface area contributed by atoms with Crippen LogP contribution in [0.15, 0.2) is 34.6 Å². The molecule has 8 nitrogen and oxygen atoms in total. The predicted molar refractivity (Wildman–Crippen MR) is 109 cm³/mol. The van der Waals surface area contributed by atoms with E-state index < -0.39 is 32.9 Å². The molecule has 31 heavy (non-hydrogen) atoms. The number of aryl methyl sites for hydroxylation is 1. The molecular weight excluding hydrogens is 422 g/mol. The van der Waals surface area contributed by atoms with Gasteiger partial charge in [0.2, 0.25) is 11.6 Å². The van der Waals surface area contributed by atoms with Crippen molar-refractivity contribution in [3.8, 4) is 0 Å². The van der Waals surface area contributed by atoms with E-state index in [4.69, 9.17) is 8.97 Å². The monoisotopic (exact) mass is 441 g/mol. The van der Waals surface area contributed by atoms with Crippen molar-refractivity contribution >= 4 is 27.5 Å². The number of Topliss-reactive ketones (excluding diaryl/α,β-unsaturated/α-hetero) is 1. The van der Waals surface area contributed by atoms with Crippen molar-refractivity contribution in [3.05, 3.63) is 69.3 Å². The van der Waals surface area contributed by atoms with Gasteiger partial charge in [-0.25, -0.2) is 0 Å². The SMILES string of the molecule is C[C@@]12CCCc3coc(c31)C(=O)c1cc3c(cc12)C(=O)C(NCCS(=O)(=O)O)=CC3=O. The summed E-state index contributed by atoms with van der Waals surface area (Å²) in [5.74, 6) is -1.50. The Labute approximate surface area is 178 Å². The van der Waals surface area contributed by atoms with E-state index in [0.29, 0.717) is 16.9 Å². The van der Waals surface area contributed by atoms with Crippen LogP contribution in [0.5, 0.6) is 0 Å². The van der Waals surface area contributed by atoms with Crippen molar-refractivity contribution in [2.45, 2.75) is 31.6 Å². The van der Waals surface area contributed by atoms with Crippen LogP contribution >= 0.6 is 0 Å². The summed E-state index contributed by atoms with van der Waals surface area (Å²) in [6, 6.07) is 3.11. The number of carbonyl (C=O) groups is 3. The number of ketones is 3. The van der Waals surface area contributed by atoms with Gasteiger partial charge >= 0.3 is 0 Å². The van der Waals surface area contributed by atoms with Gasteiger partial charge in [-0.3, -0.25) is 18.9 Å². The quantitative estimate of drug-likeness (QED) is 0.691. The minimum absolute atomic E-state index is 0.0401. The van der Waals surface area contributed by atoms with Gasteiger partial charge in [0, 0.05) is 40.3 Å². The second kappa shape index (κ2) is 6.48. The lowest BCUT2D eigenvalue weighted by molar-refractivity contribution is 0.0974. The third kappa shape index (κ3) is 2.91. The van der Waals surface area contributed by atoms with Crippen molar-refractivity contribution in [3.63, 3.8) is 0 Å². The lowest BCUT2D eigenvalue weighted by Crippen LogP contribution is -2.37. The number of allylic oxidation sites excluding steroid dienone is 2. The van der Waals surface area contributed by atoms with Crippen LogP contribution < -0.4 is 5.32 Å². The number of hydrogen-bond acceptors (Lipinski definition) is 7. The van der Waals surface area contributed by atoms with Gasteiger partial charge in [0.05, 0.1) is 17.7 Å². The number of hydrogen-bond donors (Lipinski definition) is 2. The molecule has 2 aromatic rings. The third-order valence-corrected chi connectivity index (χ3v) is 7.17. The van der Waals surface area contributed by atoms with E-state index in [0.717, 1.165) is 36.5 Å². The van der Waals surface area contributed by atoms with Gasteiger partial charge in [0.1, 0.15) is 0 Å². The Morgan fingerprint density at radius 2 is 1.90 bits per heavy atom. The van der Waals surface area contributed by atoms with Crippen LogP contribution in [-0.4, -0.2) is 42.6 Å². The highest BCUT2D eigenvalue weighted by molar-refractivity contribution is 7.85. The first-order valence-corrected chi connectivity index (χ1v) is 11.5. The predicted octanol–water partition coefficient (Wildman–Crippen LogP) is 2.21. The second-order valence-corrected chi connectivity index (χ2v) is 9.96. The maximum atomic E-state index is 13.1. The molecule has 1 aromatic heterocycles. The molecule has 160 valence electrons. The summed E-state index contributed by atoms with van der Waals surface area (Å²) in [7, 11) is -4.21. The molecule has 2 N–H and O–H groups in total. The van der Waals surface area contributed by atoms with Crippen molar-refractivity contribution < 1.29 is 31.8 Å². The molecule has 0 radical (unpaired) electrons. The standard InChI is InChI=1S/C22H19NO7S/c1-22-4-2-3-11-10-30-21(18(11)22)20(26)14-7-12-13(8-15(14)22)19(25)16(9-17(12)24)23-5-6-31(27,28)29/h7-10,23H,2-6H2,1H3,(H,27,28,29)/t22-/m0/s1. The van der Waals surface area contributed by atoms with Crippen molar-refractivity contribution in [1.29, 1.82) is 0 Å². The minimum Gasteiger partial charge on any atom is -0.460 e. The molecule has 0 amide bonds. The first-order chi connectivity index (χ1) is 14.6. The van der Waals surface area contributed by atoms with Crippen LogP contribution in [0.1, 0.15) is 73.3 Å². The van der Waals surface area contributed by atoms with E-state index in [1.165, 1.54) is 6.07 Å². The zero-order chi connectivity index (χ0) is 22.1. The molecular formula is C22H19NO7S. The molecule has 1 atom stereocenters. The van der Waals surface area contributed by atoms with Crippen molar-refractivity contribution in [2.75, 3.05) is 12.3 Å². The highest BCUT2D eigenvalue weighted by atomic mass is 32.2. The minimum atomic E-state index is -4.21. The fraction of sp³-hybridized carbons (Fsp3) is 0.318. The zero-order valence-corrected chi connectivity index (χ0v) is 17.5. The Hall–Kier alpha value is -3.04. The largest absolute Gasteiger partial charge is 0.460 e. The van der Waals surface area contributed by atoms with Crippen LogP contribution in [-0.2, 0) is 22.0 Å². The molecule has 3 aliphatic carbocycles. The topological polar surface area (TPSA) is 131 Å². The van der Waals surface area contributed by atoms with E-state index in [1.807, 2.05) is 6.92 Å². The Balaban J connectivity index is 1.59. The summed E-state index contributed by atoms with van der Waals surface area (Å²) < 4.78 is 36.3. The fourth-order valence-corrected chi connectivity index (χ4v) is 5.36. The molecule has 0 saturated carbocycles. The maximum Gasteiger partial charge on any atom is 0.266 e. The molecule has 0 aliphatic heterocycles. The number of rotatable bonds is 4. The van der Waals surface area contributed by atoms with Gasteiger partial charge in [-0.15, -0.1) is 0 Å². The fourth-order valence-electron chi connectivity index (χ4n) is 5.00. The lowest BCUT2D eigenvalue weighted by Gasteiger charge is -2.39. The number of carbonyl (C=O) groups excluding carboxylic acids is 3. The average Bonchev–Trinajstić information content (AvgIpc) is 3.14. The molecule has 0 bridgehead atoms. The molecule has 3 aliphatic rings. The summed E-state index contributed by atoms with van der Waals surface area (Å²) >= 11 is 0. The summed E-state index contributed by atoms with van der Waals surface area (Å²) in [6.07, 6.45) is 5.23. The van der Waals surface area contributed by atoms with Crippen LogP contribution in [0.3, 0.4) is 0 Å². The van der Waals surface area contributed by atoms with Gasteiger partial charge in [-0.2, -0.15) is 8.42 Å². The Bertz CT molecular complexity index is 1330. The number of nitrogens with one attached hydrogen (secondary N) is 1. The van der Waals surface area contributed by atoms with Crippen LogP contribution in [0, 0.1) is 0 Å². The highest BCUT2D eigenvalue weighted by Gasteiger charge is 2.46. The van der Waals surface area contributed by atoms with Gasteiger partial charge in [-0.05, 0) is 42.5 Å². The molecule has 0 spiro atoms. The van der Waals surface area contributed by atoms with Crippen LogP contribution in [0.2, 0.25) is 0 Å². The van der Waals surface area contributed by atoms with Gasteiger partial charge < -0.3 is 9.73 Å². The third-order valence-electron chi connectivity index (χ3n) is 6.45. The first-order valence-electron chi connectivity index (χ1n) is 9.94. The average molecular weight is 441 g/mol. The summed E-state index contributed by atoms with van der Waals surface area (Å²) in [5, 5.41) is 2.62. The summed E-state index contributed by atoms with van der Waals surface area (Å²) in [4.78, 5) is 38.9. The van der Waals surface area contributed by atoms with E-state index in [2.05, 4.69) is 5.32 Å². The van der Waals surface area contributed by atoms with E-state index in [9.17, 15) is 22.8 Å². The van der Waals surface area contributed by atoms with Gasteiger partial charge in [0.15, 0.2) is 11.5 Å². The molecule has 0 unspecified atom stereocenters. The van der Waals surface area contributed by atoms with E-state index in [-0.39, 0.29) is 29.2 Å². The molecule has 9 heteroatoms. The molecule has 1 aromatic carbocycles. The molecule has 0 fully saturated rings. The van der Waals surface area contributed by atoms with Crippen LogP contribution in [0.4, 0.5) is 0 Å². The zero-order valence-electron chi connectivity index (χ0n) is 16.6. The van der Waals surface area contributed by atoms with Gasteiger partial charge in [-0.1, -0.05) is 6.92 Å². The molecule has 1 heterocycles. The Morgan fingerprint density at radius 3 is 2.65 bits per heavy atom.